The molecule has 0 radical (unpaired) electrons. The van der Waals surface area contributed by atoms with Gasteiger partial charge in [-0.25, -0.2) is 4.79 Å². The lowest BCUT2D eigenvalue weighted by Gasteiger charge is -2.14. The Bertz CT molecular complexity index is 691. The van der Waals surface area contributed by atoms with Crippen molar-refractivity contribution in [2.45, 2.75) is 12.8 Å². The molecule has 0 saturated heterocycles. The van der Waals surface area contributed by atoms with Crippen LogP contribution in [0.4, 0.5) is 4.79 Å². The fourth-order valence-corrected chi connectivity index (χ4v) is 2.83. The molecule has 1 amide bonds. The molecule has 0 aromatic heterocycles. The number of rotatable bonds is 3. The lowest BCUT2D eigenvalue weighted by atomic mass is 9.98. The van der Waals surface area contributed by atoms with Gasteiger partial charge in [-0.1, -0.05) is 48.5 Å². The second-order valence-corrected chi connectivity index (χ2v) is 5.26. The Labute approximate surface area is 129 Å². The molecule has 3 rings (SSSR count). The van der Waals surface area contributed by atoms with E-state index in [0.717, 1.165) is 6.26 Å². The fourth-order valence-electron chi connectivity index (χ4n) is 2.83. The molecule has 0 heterocycles. The van der Waals surface area contributed by atoms with Crippen molar-refractivity contribution >= 4 is 6.09 Å². The molecule has 4 heteroatoms. The van der Waals surface area contributed by atoms with Gasteiger partial charge in [-0.15, -0.1) is 0 Å². The predicted molar refractivity (Wildman–Crippen MR) is 84.6 cm³/mol. The van der Waals surface area contributed by atoms with Crippen LogP contribution in [0.2, 0.25) is 0 Å². The molecule has 2 aromatic rings. The van der Waals surface area contributed by atoms with Crippen molar-refractivity contribution in [3.63, 3.8) is 0 Å². The van der Waals surface area contributed by atoms with E-state index in [-0.39, 0.29) is 12.5 Å². The number of nitrogens with one attached hydrogen (secondary N) is 1. The van der Waals surface area contributed by atoms with Gasteiger partial charge in [0.2, 0.25) is 0 Å². The van der Waals surface area contributed by atoms with E-state index in [1.54, 1.807) is 6.92 Å². The van der Waals surface area contributed by atoms with Gasteiger partial charge in [-0.05, 0) is 29.2 Å². The quantitative estimate of drug-likeness (QED) is 0.843. The van der Waals surface area contributed by atoms with Crippen molar-refractivity contribution in [1.82, 2.24) is 5.32 Å². The molecule has 0 atom stereocenters. The summed E-state index contributed by atoms with van der Waals surface area (Å²) in [5, 5.41) is 11.2. The number of benzene rings is 2. The monoisotopic (exact) mass is 295 g/mol. The number of amides is 1. The Morgan fingerprint density at radius 2 is 1.68 bits per heavy atom. The number of ether oxygens (including phenoxy) is 1. The lowest BCUT2D eigenvalue weighted by molar-refractivity contribution is 0.145. The van der Waals surface area contributed by atoms with Gasteiger partial charge in [0.15, 0.2) is 0 Å². The molecule has 0 unspecified atom stereocenters. The van der Waals surface area contributed by atoms with E-state index in [0.29, 0.717) is 5.70 Å². The van der Waals surface area contributed by atoms with Gasteiger partial charge in [0, 0.05) is 5.92 Å². The van der Waals surface area contributed by atoms with Crippen LogP contribution in [0.5, 0.6) is 0 Å². The third kappa shape index (κ3) is 2.55. The van der Waals surface area contributed by atoms with Gasteiger partial charge in [0.25, 0.3) is 0 Å². The molecule has 4 nitrogen and oxygen atoms in total. The van der Waals surface area contributed by atoms with Crippen LogP contribution in [0.25, 0.3) is 11.1 Å². The zero-order valence-electron chi connectivity index (χ0n) is 12.2. The van der Waals surface area contributed by atoms with Crippen molar-refractivity contribution in [2.75, 3.05) is 6.61 Å². The number of alkyl carbamates (subject to hydrolysis) is 1. The second-order valence-electron chi connectivity index (χ2n) is 5.26. The highest BCUT2D eigenvalue weighted by Gasteiger charge is 2.28. The van der Waals surface area contributed by atoms with Crippen LogP contribution in [-0.2, 0) is 4.74 Å². The SMILES string of the molecule is C/C(=C\O)NC(=O)OCC1c2ccccc2-c2ccccc21. The maximum Gasteiger partial charge on any atom is 0.411 e. The third-order valence-corrected chi connectivity index (χ3v) is 3.84. The number of hydrogen-bond acceptors (Lipinski definition) is 3. The van der Waals surface area contributed by atoms with Gasteiger partial charge < -0.3 is 9.84 Å². The van der Waals surface area contributed by atoms with Crippen molar-refractivity contribution in [3.05, 3.63) is 71.6 Å². The van der Waals surface area contributed by atoms with Crippen LogP contribution in [0, 0.1) is 0 Å². The number of aliphatic hydroxyl groups is 1. The Hall–Kier alpha value is -2.75. The van der Waals surface area contributed by atoms with Crippen LogP contribution < -0.4 is 5.32 Å². The minimum Gasteiger partial charge on any atom is -0.514 e. The molecule has 0 bridgehead atoms. The van der Waals surface area contributed by atoms with E-state index in [1.807, 2.05) is 24.3 Å². The smallest absolute Gasteiger partial charge is 0.411 e. The number of aliphatic hydroxyl groups excluding tert-OH is 1. The molecule has 0 spiro atoms. The Morgan fingerprint density at radius 3 is 2.23 bits per heavy atom. The van der Waals surface area contributed by atoms with E-state index in [9.17, 15) is 4.79 Å². The average Bonchev–Trinajstić information content (AvgIpc) is 2.87. The van der Waals surface area contributed by atoms with Crippen LogP contribution in [0.15, 0.2) is 60.5 Å². The summed E-state index contributed by atoms with van der Waals surface area (Å²) in [5.41, 5.74) is 5.08. The predicted octanol–water partition coefficient (Wildman–Crippen LogP) is 3.94. The lowest BCUT2D eigenvalue weighted by Crippen LogP contribution is -2.24. The molecule has 0 aliphatic heterocycles. The average molecular weight is 295 g/mol. The molecule has 22 heavy (non-hydrogen) atoms. The first-order valence-electron chi connectivity index (χ1n) is 7.13. The van der Waals surface area contributed by atoms with Crippen LogP contribution in [-0.4, -0.2) is 17.8 Å². The first-order valence-corrected chi connectivity index (χ1v) is 7.13. The summed E-state index contributed by atoms with van der Waals surface area (Å²) in [7, 11) is 0. The summed E-state index contributed by atoms with van der Waals surface area (Å²) in [6, 6.07) is 16.3. The van der Waals surface area contributed by atoms with Gasteiger partial charge in [0.1, 0.15) is 6.61 Å². The summed E-state index contributed by atoms with van der Waals surface area (Å²) < 4.78 is 5.31. The van der Waals surface area contributed by atoms with Gasteiger partial charge in [-0.2, -0.15) is 0 Å². The summed E-state index contributed by atoms with van der Waals surface area (Å²) in [4.78, 5) is 11.7. The first-order chi connectivity index (χ1) is 10.7. The molecule has 112 valence electrons. The summed E-state index contributed by atoms with van der Waals surface area (Å²) in [6.45, 7) is 1.85. The molecule has 0 fully saturated rings. The van der Waals surface area contributed by atoms with Crippen LogP contribution in [0.3, 0.4) is 0 Å². The summed E-state index contributed by atoms with van der Waals surface area (Å²) >= 11 is 0. The highest BCUT2D eigenvalue weighted by molar-refractivity contribution is 5.79. The van der Waals surface area contributed by atoms with Crippen molar-refractivity contribution in [1.29, 1.82) is 0 Å². The fraction of sp³-hybridized carbons (Fsp3) is 0.167. The van der Waals surface area contributed by atoms with E-state index >= 15 is 0 Å². The molecule has 1 aliphatic carbocycles. The van der Waals surface area contributed by atoms with Crippen molar-refractivity contribution < 1.29 is 14.6 Å². The zero-order valence-corrected chi connectivity index (χ0v) is 12.2. The first kappa shape index (κ1) is 14.2. The Morgan fingerprint density at radius 1 is 1.14 bits per heavy atom. The topological polar surface area (TPSA) is 58.6 Å². The maximum absolute atomic E-state index is 11.7. The second kappa shape index (κ2) is 5.93. The normalized spacial score (nSPS) is 13.4. The van der Waals surface area contributed by atoms with E-state index in [1.165, 1.54) is 22.3 Å². The number of hydrogen-bond donors (Lipinski definition) is 2. The maximum atomic E-state index is 11.7. The number of allylic oxidation sites excluding steroid dienone is 1. The van der Waals surface area contributed by atoms with E-state index in [2.05, 4.69) is 29.6 Å². The highest BCUT2D eigenvalue weighted by Crippen LogP contribution is 2.44. The Kier molecular flexibility index (Phi) is 3.83. The minimum atomic E-state index is -0.565. The summed E-state index contributed by atoms with van der Waals surface area (Å²) in [6.07, 6.45) is 0.270. The van der Waals surface area contributed by atoms with Gasteiger partial charge in [0.05, 0.1) is 12.0 Å². The molecular formula is C18H17NO3. The molecule has 0 saturated carbocycles. The van der Waals surface area contributed by atoms with Crippen molar-refractivity contribution in [3.8, 4) is 11.1 Å². The van der Waals surface area contributed by atoms with E-state index in [4.69, 9.17) is 9.84 Å². The standard InChI is InChI=1S/C18H17NO3/c1-12(10-20)19-18(21)22-11-17-15-8-4-2-6-13(15)14-7-3-5-9-16(14)17/h2-10,17,20H,11H2,1H3,(H,19,21)/b12-10+. The molecule has 2 N–H and O–H groups in total. The van der Waals surface area contributed by atoms with E-state index < -0.39 is 6.09 Å². The van der Waals surface area contributed by atoms with Crippen LogP contribution in [0.1, 0.15) is 24.0 Å². The molecule has 2 aromatic carbocycles. The number of carbonyl (C=O) groups excluding carboxylic acids is 1. The highest BCUT2D eigenvalue weighted by atomic mass is 16.5. The third-order valence-electron chi connectivity index (χ3n) is 3.84. The Balaban J connectivity index is 1.81. The zero-order chi connectivity index (χ0) is 15.5. The van der Waals surface area contributed by atoms with Crippen LogP contribution >= 0.6 is 0 Å². The molecular weight excluding hydrogens is 278 g/mol. The number of carbonyl (C=O) groups is 1. The summed E-state index contributed by atoms with van der Waals surface area (Å²) in [5.74, 6) is 0.0385. The number of fused-ring (bicyclic) bond motifs is 3. The van der Waals surface area contributed by atoms with Gasteiger partial charge >= 0.3 is 6.09 Å². The molecule has 1 aliphatic rings. The van der Waals surface area contributed by atoms with Crippen molar-refractivity contribution in [2.24, 2.45) is 0 Å². The largest absolute Gasteiger partial charge is 0.514 e. The minimum absolute atomic E-state index is 0.0385. The van der Waals surface area contributed by atoms with Gasteiger partial charge in [-0.3, -0.25) is 5.32 Å².